The van der Waals surface area contributed by atoms with E-state index in [2.05, 4.69) is 35.2 Å². The van der Waals surface area contributed by atoms with Gasteiger partial charge in [-0.05, 0) is 81.4 Å². The van der Waals surface area contributed by atoms with Gasteiger partial charge in [0.1, 0.15) is 23.8 Å². The maximum absolute atomic E-state index is 12.4. The zero-order valence-corrected chi connectivity index (χ0v) is 27.1. The molecule has 228 valence electrons. The molecule has 5 rings (SSSR count). The molecule has 2 aromatic carbocycles. The van der Waals surface area contributed by atoms with Crippen molar-refractivity contribution in [3.63, 3.8) is 0 Å². The molecule has 1 fully saturated rings. The fraction of sp³-hybridized carbons (Fsp3) is 0.424. The molecule has 4 aromatic rings. The molecular weight excluding hydrogens is 558 g/mol. The summed E-state index contributed by atoms with van der Waals surface area (Å²) in [5, 5.41) is 5.46. The van der Waals surface area contributed by atoms with E-state index in [1.165, 1.54) is 6.04 Å². The molecule has 0 bridgehead atoms. The van der Waals surface area contributed by atoms with Crippen molar-refractivity contribution in [2.75, 3.05) is 32.8 Å². The Kier molecular flexibility index (Phi) is 9.79. The highest BCUT2D eigenvalue weighted by atomic mass is 28.3. The van der Waals surface area contributed by atoms with Crippen LogP contribution in [0.3, 0.4) is 0 Å². The standard InChI is InChI=1S/C33H43N5O4Si/c1-33(2,3)42-32(39)37-18-16-36(17-19-37)23-27-9-6-26-22-29(12-13-30(26)35-27)41-28-10-7-25(8-11-28)31-14-15-34-38(31)24-40-20-21-43(4)5/h6-15,22,43H,16-21,23-24H2,1-5H3. The summed E-state index contributed by atoms with van der Waals surface area (Å²) in [6, 6.07) is 21.4. The van der Waals surface area contributed by atoms with Gasteiger partial charge in [0, 0.05) is 65.3 Å². The smallest absolute Gasteiger partial charge is 0.410 e. The van der Waals surface area contributed by atoms with Crippen molar-refractivity contribution in [1.82, 2.24) is 24.6 Å². The molecule has 1 aliphatic heterocycles. The number of hydrogen-bond acceptors (Lipinski definition) is 7. The van der Waals surface area contributed by atoms with Gasteiger partial charge in [0.15, 0.2) is 0 Å². The molecule has 2 aromatic heterocycles. The molecule has 1 amide bonds. The first kappa shape index (κ1) is 30.7. The summed E-state index contributed by atoms with van der Waals surface area (Å²) in [6.45, 7) is 15.2. The van der Waals surface area contributed by atoms with Crippen molar-refractivity contribution in [3.8, 4) is 22.8 Å². The van der Waals surface area contributed by atoms with Gasteiger partial charge in [-0.15, -0.1) is 0 Å². The van der Waals surface area contributed by atoms with Crippen LogP contribution in [0.5, 0.6) is 11.5 Å². The highest BCUT2D eigenvalue weighted by Gasteiger charge is 2.26. The quantitative estimate of drug-likeness (QED) is 0.154. The number of hydrogen-bond donors (Lipinski definition) is 0. The van der Waals surface area contributed by atoms with Gasteiger partial charge in [-0.25, -0.2) is 9.48 Å². The minimum absolute atomic E-state index is 0.239. The van der Waals surface area contributed by atoms with Crippen LogP contribution in [0.4, 0.5) is 4.79 Å². The number of ether oxygens (including phenoxy) is 3. The lowest BCUT2D eigenvalue weighted by molar-refractivity contribution is 0.0138. The first-order valence-electron chi connectivity index (χ1n) is 15.1. The van der Waals surface area contributed by atoms with Gasteiger partial charge in [-0.2, -0.15) is 5.10 Å². The second-order valence-corrected chi connectivity index (χ2v) is 15.8. The zero-order chi connectivity index (χ0) is 30.4. The number of carbonyl (C=O) groups is 1. The molecule has 0 unspecified atom stereocenters. The molecule has 1 aliphatic rings. The Hall–Kier alpha value is -3.73. The molecule has 0 N–H and O–H groups in total. The van der Waals surface area contributed by atoms with E-state index in [4.69, 9.17) is 19.2 Å². The highest BCUT2D eigenvalue weighted by Crippen LogP contribution is 2.28. The average Bonchev–Trinajstić information content (AvgIpc) is 3.44. The summed E-state index contributed by atoms with van der Waals surface area (Å²) in [7, 11) is -0.609. The van der Waals surface area contributed by atoms with Crippen LogP contribution in [0.1, 0.15) is 26.5 Å². The summed E-state index contributed by atoms with van der Waals surface area (Å²) in [5.74, 6) is 1.53. The average molecular weight is 602 g/mol. The largest absolute Gasteiger partial charge is 0.457 e. The molecule has 9 nitrogen and oxygen atoms in total. The van der Waals surface area contributed by atoms with Gasteiger partial charge in [0.2, 0.25) is 0 Å². The van der Waals surface area contributed by atoms with Crippen molar-refractivity contribution in [1.29, 1.82) is 0 Å². The first-order valence-corrected chi connectivity index (χ1v) is 18.2. The first-order chi connectivity index (χ1) is 20.6. The van der Waals surface area contributed by atoms with Crippen molar-refractivity contribution in [3.05, 3.63) is 72.6 Å². The number of fused-ring (bicyclic) bond motifs is 1. The van der Waals surface area contributed by atoms with Crippen molar-refractivity contribution < 1.29 is 19.0 Å². The Morgan fingerprint density at radius 1 is 0.930 bits per heavy atom. The summed E-state index contributed by atoms with van der Waals surface area (Å²) in [4.78, 5) is 21.3. The second kappa shape index (κ2) is 13.7. The highest BCUT2D eigenvalue weighted by molar-refractivity contribution is 6.55. The van der Waals surface area contributed by atoms with Crippen LogP contribution in [0.25, 0.3) is 22.2 Å². The van der Waals surface area contributed by atoms with Crippen molar-refractivity contribution in [2.24, 2.45) is 0 Å². The maximum atomic E-state index is 12.4. The third-order valence-electron chi connectivity index (χ3n) is 7.28. The number of rotatable bonds is 10. The van der Waals surface area contributed by atoms with E-state index in [0.29, 0.717) is 19.8 Å². The van der Waals surface area contributed by atoms with Crippen LogP contribution in [0.2, 0.25) is 19.1 Å². The van der Waals surface area contributed by atoms with Crippen LogP contribution >= 0.6 is 0 Å². The predicted molar refractivity (Wildman–Crippen MR) is 172 cm³/mol. The van der Waals surface area contributed by atoms with Crippen LogP contribution in [-0.4, -0.2) is 77.8 Å². The van der Waals surface area contributed by atoms with Crippen molar-refractivity contribution >= 4 is 25.8 Å². The predicted octanol–water partition coefficient (Wildman–Crippen LogP) is 6.40. The number of pyridine rings is 1. The number of amides is 1. The molecule has 0 radical (unpaired) electrons. The van der Waals surface area contributed by atoms with Gasteiger partial charge in [0.05, 0.1) is 16.9 Å². The van der Waals surface area contributed by atoms with Gasteiger partial charge < -0.3 is 19.1 Å². The van der Waals surface area contributed by atoms with Crippen LogP contribution < -0.4 is 4.74 Å². The van der Waals surface area contributed by atoms with Gasteiger partial charge in [-0.3, -0.25) is 9.88 Å². The van der Waals surface area contributed by atoms with E-state index in [0.717, 1.165) is 65.6 Å². The van der Waals surface area contributed by atoms with Gasteiger partial charge in [0.25, 0.3) is 0 Å². The van der Waals surface area contributed by atoms with Crippen LogP contribution in [-0.2, 0) is 22.7 Å². The Morgan fingerprint density at radius 3 is 2.40 bits per heavy atom. The Morgan fingerprint density at radius 2 is 1.67 bits per heavy atom. The van der Waals surface area contributed by atoms with E-state index in [1.807, 2.05) is 80.2 Å². The van der Waals surface area contributed by atoms with Gasteiger partial charge in [-0.1, -0.05) is 19.2 Å². The molecule has 43 heavy (non-hydrogen) atoms. The fourth-order valence-corrected chi connectivity index (χ4v) is 5.56. The Bertz CT molecular complexity index is 1510. The Balaban J connectivity index is 1.15. The zero-order valence-electron chi connectivity index (χ0n) is 26.0. The fourth-order valence-electron chi connectivity index (χ4n) is 4.92. The van der Waals surface area contributed by atoms with E-state index in [9.17, 15) is 4.79 Å². The number of aromatic nitrogens is 3. The second-order valence-electron chi connectivity index (χ2n) is 12.5. The Labute approximate surface area is 256 Å². The van der Waals surface area contributed by atoms with Gasteiger partial charge >= 0.3 is 6.09 Å². The lowest BCUT2D eigenvalue weighted by Gasteiger charge is -2.35. The summed E-state index contributed by atoms with van der Waals surface area (Å²) in [5.41, 5.74) is 3.54. The van der Waals surface area contributed by atoms with E-state index in [-0.39, 0.29) is 6.09 Å². The molecule has 10 heteroatoms. The van der Waals surface area contributed by atoms with E-state index < -0.39 is 14.4 Å². The lowest BCUT2D eigenvalue weighted by atomic mass is 10.1. The minimum Gasteiger partial charge on any atom is -0.457 e. The van der Waals surface area contributed by atoms with E-state index in [1.54, 1.807) is 4.90 Å². The molecule has 0 saturated carbocycles. The van der Waals surface area contributed by atoms with E-state index >= 15 is 0 Å². The van der Waals surface area contributed by atoms with Crippen molar-refractivity contribution in [2.45, 2.75) is 58.8 Å². The monoisotopic (exact) mass is 601 g/mol. The summed E-state index contributed by atoms with van der Waals surface area (Å²) in [6.07, 6.45) is 1.57. The number of carbonyl (C=O) groups excluding carboxylic acids is 1. The topological polar surface area (TPSA) is 82.0 Å². The van der Waals surface area contributed by atoms with Crippen LogP contribution in [0.15, 0.2) is 66.9 Å². The molecular formula is C33H43N5O4Si. The third-order valence-corrected chi connectivity index (χ3v) is 8.67. The SMILES string of the molecule is C[SiH](C)CCOCn1nccc1-c1ccc(Oc2ccc3nc(CN4CCN(C(=O)OC(C)(C)C)CC4)ccc3c2)cc1. The molecule has 0 aliphatic carbocycles. The summed E-state index contributed by atoms with van der Waals surface area (Å²) >= 11 is 0. The lowest BCUT2D eigenvalue weighted by Crippen LogP contribution is -2.49. The van der Waals surface area contributed by atoms with Crippen LogP contribution in [0, 0.1) is 0 Å². The molecule has 0 spiro atoms. The molecule has 0 atom stereocenters. The third kappa shape index (κ3) is 8.65. The number of piperazine rings is 1. The normalized spacial score (nSPS) is 14.4. The maximum Gasteiger partial charge on any atom is 0.410 e. The molecule has 1 saturated heterocycles. The summed E-state index contributed by atoms with van der Waals surface area (Å²) < 4.78 is 19.4. The molecule has 3 heterocycles. The minimum atomic E-state index is -0.609. The number of benzene rings is 2. The number of nitrogens with zero attached hydrogens (tertiary/aromatic N) is 5.